The van der Waals surface area contributed by atoms with Crippen LogP contribution in [0.5, 0.6) is 11.5 Å². The zero-order valence-corrected chi connectivity index (χ0v) is 10.4. The second-order valence-electron chi connectivity index (χ2n) is 2.45. The van der Waals surface area contributed by atoms with E-state index in [-0.39, 0.29) is 23.8 Å². The molecular weight excluding hydrogens is 292 g/mol. The van der Waals surface area contributed by atoms with Gasteiger partial charge in [-0.1, -0.05) is 0 Å². The van der Waals surface area contributed by atoms with E-state index in [1.54, 1.807) is 0 Å². The molecule has 0 aliphatic carbocycles. The molecule has 0 aliphatic heterocycles. The Balaban J connectivity index is 0. The summed E-state index contributed by atoms with van der Waals surface area (Å²) in [6, 6.07) is 3.82. The van der Waals surface area contributed by atoms with Crippen LogP contribution >= 0.6 is 0 Å². The minimum atomic E-state index is -4.90. The van der Waals surface area contributed by atoms with Crippen LogP contribution in [0.2, 0.25) is 0 Å². The molecule has 0 aliphatic rings. The van der Waals surface area contributed by atoms with Crippen molar-refractivity contribution in [1.82, 2.24) is 12.3 Å². The van der Waals surface area contributed by atoms with Crippen molar-refractivity contribution in [3.8, 4) is 11.5 Å². The molecule has 0 aromatic heterocycles. The molecule has 0 amide bonds. The van der Waals surface area contributed by atoms with Crippen molar-refractivity contribution < 1.29 is 34.3 Å². The predicted octanol–water partition coefficient (Wildman–Crippen LogP) is -0.311. The third-order valence-corrected chi connectivity index (χ3v) is 2.01. The molecule has 12 heteroatoms. The van der Waals surface area contributed by atoms with Gasteiger partial charge < -0.3 is 29.8 Å². The molecule has 0 atom stereocenters. The quantitative estimate of drug-likeness (QED) is 0.548. The van der Waals surface area contributed by atoms with Crippen LogP contribution in [0, 0.1) is 0 Å². The van der Waals surface area contributed by atoms with E-state index in [9.17, 15) is 25.9 Å². The average molecular weight is 302 g/mol. The fourth-order valence-electron chi connectivity index (χ4n) is 0.786. The summed E-state index contributed by atoms with van der Waals surface area (Å²) in [5.41, 5.74) is 0. The summed E-state index contributed by atoms with van der Waals surface area (Å²) in [6.45, 7) is 0. The highest BCUT2D eigenvalue weighted by Gasteiger charge is 2.02. The molecule has 1 aromatic rings. The minimum absolute atomic E-state index is 0. The summed E-state index contributed by atoms with van der Waals surface area (Å²) in [7, 11) is -9.79. The second kappa shape index (κ2) is 6.48. The normalized spacial score (nSPS) is 10.8. The molecule has 0 spiro atoms. The summed E-state index contributed by atoms with van der Waals surface area (Å²) in [5, 5.41) is 0. The van der Waals surface area contributed by atoms with E-state index in [1.807, 2.05) is 0 Å². The first-order valence-electron chi connectivity index (χ1n) is 3.56. The molecule has 0 bridgehead atoms. The molecule has 0 saturated heterocycles. The first-order chi connectivity index (χ1) is 7.16. The van der Waals surface area contributed by atoms with Crippen molar-refractivity contribution in [3.05, 3.63) is 24.3 Å². The Labute approximate surface area is 104 Å². The van der Waals surface area contributed by atoms with Gasteiger partial charge in [-0.25, -0.2) is 16.8 Å². The highest BCUT2D eigenvalue weighted by molar-refractivity contribution is 7.81. The Kier molecular flexibility index (Phi) is 6.81. The van der Waals surface area contributed by atoms with Crippen molar-refractivity contribution in [3.63, 3.8) is 0 Å². The van der Waals surface area contributed by atoms with E-state index >= 15 is 0 Å². The van der Waals surface area contributed by atoms with Crippen molar-refractivity contribution in [2.24, 2.45) is 0 Å². The first kappa shape index (κ1) is 18.9. The summed E-state index contributed by atoms with van der Waals surface area (Å²) >= 11 is 0. The van der Waals surface area contributed by atoms with Gasteiger partial charge >= 0.3 is 0 Å². The fraction of sp³-hybridized carbons (Fsp3) is 0. The molecule has 106 valence electrons. The Morgan fingerprint density at radius 2 is 0.944 bits per heavy atom. The van der Waals surface area contributed by atoms with E-state index in [0.29, 0.717) is 0 Å². The molecule has 0 heterocycles. The SMILES string of the molecule is N.N.O=S(=O)([O-])Oc1ccc(OS(=O)(=O)[O-])cc1. The van der Waals surface area contributed by atoms with E-state index in [0.717, 1.165) is 24.3 Å². The van der Waals surface area contributed by atoms with Crippen LogP contribution in [-0.4, -0.2) is 25.9 Å². The molecular formula is C6H10N2O8S2-2. The van der Waals surface area contributed by atoms with E-state index in [4.69, 9.17) is 0 Å². The van der Waals surface area contributed by atoms with E-state index in [1.165, 1.54) is 0 Å². The van der Waals surface area contributed by atoms with Gasteiger partial charge in [0, 0.05) is 0 Å². The van der Waals surface area contributed by atoms with Crippen LogP contribution in [0.1, 0.15) is 0 Å². The van der Waals surface area contributed by atoms with Gasteiger partial charge in [-0.2, -0.15) is 0 Å². The monoisotopic (exact) mass is 302 g/mol. The lowest BCUT2D eigenvalue weighted by Gasteiger charge is -2.11. The van der Waals surface area contributed by atoms with Gasteiger partial charge in [-0.05, 0) is 24.3 Å². The lowest BCUT2D eigenvalue weighted by Crippen LogP contribution is -2.08. The largest absolute Gasteiger partial charge is 0.716 e. The van der Waals surface area contributed by atoms with Gasteiger partial charge in [0.1, 0.15) is 11.5 Å². The van der Waals surface area contributed by atoms with Crippen LogP contribution in [-0.2, 0) is 20.8 Å². The molecule has 1 rings (SSSR count). The lowest BCUT2D eigenvalue weighted by molar-refractivity contribution is 0.366. The molecule has 18 heavy (non-hydrogen) atoms. The lowest BCUT2D eigenvalue weighted by atomic mass is 10.3. The van der Waals surface area contributed by atoms with Gasteiger partial charge in [0.25, 0.3) is 20.8 Å². The van der Waals surface area contributed by atoms with Crippen LogP contribution in [0.4, 0.5) is 0 Å². The molecule has 0 saturated carbocycles. The summed E-state index contributed by atoms with van der Waals surface area (Å²) in [4.78, 5) is 0. The van der Waals surface area contributed by atoms with Crippen molar-refractivity contribution >= 4 is 20.8 Å². The van der Waals surface area contributed by atoms with Crippen LogP contribution in [0.3, 0.4) is 0 Å². The molecule has 0 unspecified atom stereocenters. The van der Waals surface area contributed by atoms with Crippen molar-refractivity contribution in [2.45, 2.75) is 0 Å². The van der Waals surface area contributed by atoms with Crippen LogP contribution in [0.25, 0.3) is 0 Å². The summed E-state index contributed by atoms with van der Waals surface area (Å²) in [5.74, 6) is -0.656. The van der Waals surface area contributed by atoms with Gasteiger partial charge in [0.2, 0.25) is 0 Å². The Morgan fingerprint density at radius 3 is 1.11 bits per heavy atom. The highest BCUT2D eigenvalue weighted by atomic mass is 32.3. The van der Waals surface area contributed by atoms with Crippen molar-refractivity contribution in [2.75, 3.05) is 0 Å². The van der Waals surface area contributed by atoms with Gasteiger partial charge in [-0.3, -0.25) is 0 Å². The molecule has 0 radical (unpaired) electrons. The fourth-order valence-corrected chi connectivity index (χ4v) is 1.48. The maximum atomic E-state index is 10.2. The third-order valence-electron chi connectivity index (χ3n) is 1.22. The maximum Gasteiger partial charge on any atom is 0.262 e. The third kappa shape index (κ3) is 7.77. The Morgan fingerprint density at radius 1 is 0.722 bits per heavy atom. The zero-order chi connectivity index (χ0) is 12.4. The molecule has 1 aromatic carbocycles. The Bertz CT molecular complexity index is 511. The maximum absolute atomic E-state index is 10.2. The molecule has 0 fully saturated rings. The minimum Gasteiger partial charge on any atom is -0.716 e. The topological polar surface area (TPSA) is 203 Å². The number of hydrogen-bond donors (Lipinski definition) is 2. The van der Waals surface area contributed by atoms with Gasteiger partial charge in [0.15, 0.2) is 0 Å². The zero-order valence-electron chi connectivity index (χ0n) is 8.81. The number of hydrogen-bond acceptors (Lipinski definition) is 10. The smallest absolute Gasteiger partial charge is 0.262 e. The molecule has 6 N–H and O–H groups in total. The average Bonchev–Trinajstić information content (AvgIpc) is 2.03. The number of rotatable bonds is 4. The summed E-state index contributed by atoms with van der Waals surface area (Å²) < 4.78 is 68.8. The van der Waals surface area contributed by atoms with Gasteiger partial charge in [0.05, 0.1) is 0 Å². The van der Waals surface area contributed by atoms with Crippen LogP contribution in [0.15, 0.2) is 24.3 Å². The van der Waals surface area contributed by atoms with Crippen molar-refractivity contribution in [1.29, 1.82) is 0 Å². The van der Waals surface area contributed by atoms with Gasteiger partial charge in [-0.15, -0.1) is 0 Å². The number of benzene rings is 1. The predicted molar refractivity (Wildman–Crippen MR) is 57.1 cm³/mol. The second-order valence-corrected chi connectivity index (χ2v) is 4.42. The standard InChI is InChI=1S/C6H6O8S2.2H3N/c7-15(8,9)13-5-1-2-6(4-3-5)14-16(10,11)12;;/h1-4H,(H,7,8,9)(H,10,11,12);2*1H3/p-2. The van der Waals surface area contributed by atoms with Crippen LogP contribution < -0.4 is 20.7 Å². The molecule has 10 nitrogen and oxygen atoms in total. The highest BCUT2D eigenvalue weighted by Crippen LogP contribution is 2.19. The first-order valence-corrected chi connectivity index (χ1v) is 6.23. The van der Waals surface area contributed by atoms with E-state index in [2.05, 4.69) is 8.37 Å². The summed E-state index contributed by atoms with van der Waals surface area (Å²) in [6.07, 6.45) is 0. The van der Waals surface area contributed by atoms with E-state index < -0.39 is 20.8 Å². The Hall–Kier alpha value is -1.44.